The number of hydrogen-bond acceptors (Lipinski definition) is 3. The van der Waals surface area contributed by atoms with Gasteiger partial charge in [-0.2, -0.15) is 0 Å². The van der Waals surface area contributed by atoms with E-state index in [-0.39, 0.29) is 28.8 Å². The Kier molecular flexibility index (Phi) is 4.12. The predicted octanol–water partition coefficient (Wildman–Crippen LogP) is 2.97. The molecule has 0 aromatic heterocycles. The molecule has 2 amide bonds. The van der Waals surface area contributed by atoms with E-state index in [0.717, 1.165) is 12.0 Å². The van der Waals surface area contributed by atoms with Crippen LogP contribution in [0.4, 0.5) is 0 Å². The SMILES string of the molecule is CC(NC(=O)C1CSC2(C)CCC(=O)N12)c1ccc(Cl)cc1. The molecule has 1 aromatic rings. The number of fused-ring (bicyclic) bond motifs is 1. The molecular weight excluding hydrogens is 320 g/mol. The van der Waals surface area contributed by atoms with Gasteiger partial charge in [-0.3, -0.25) is 9.59 Å². The second-order valence-corrected chi connectivity index (χ2v) is 7.99. The zero-order valence-corrected chi connectivity index (χ0v) is 14.2. The van der Waals surface area contributed by atoms with Crippen LogP contribution in [0.5, 0.6) is 0 Å². The van der Waals surface area contributed by atoms with E-state index in [1.165, 1.54) is 0 Å². The number of nitrogens with one attached hydrogen (secondary N) is 1. The molecule has 4 nitrogen and oxygen atoms in total. The maximum absolute atomic E-state index is 12.6. The summed E-state index contributed by atoms with van der Waals surface area (Å²) < 4.78 is 0. The molecule has 1 N–H and O–H groups in total. The topological polar surface area (TPSA) is 49.4 Å². The van der Waals surface area contributed by atoms with Crippen molar-refractivity contribution in [3.8, 4) is 0 Å². The first kappa shape index (κ1) is 15.7. The van der Waals surface area contributed by atoms with E-state index < -0.39 is 0 Å². The molecule has 3 rings (SSSR count). The summed E-state index contributed by atoms with van der Waals surface area (Å²) in [5.41, 5.74) is 0.999. The summed E-state index contributed by atoms with van der Waals surface area (Å²) in [6, 6.07) is 6.96. The van der Waals surface area contributed by atoms with E-state index >= 15 is 0 Å². The van der Waals surface area contributed by atoms with Gasteiger partial charge in [0.2, 0.25) is 11.8 Å². The average Bonchev–Trinajstić information content (AvgIpc) is 2.97. The summed E-state index contributed by atoms with van der Waals surface area (Å²) in [6.45, 7) is 3.99. The highest BCUT2D eigenvalue weighted by atomic mass is 35.5. The highest BCUT2D eigenvalue weighted by Gasteiger charge is 2.52. The van der Waals surface area contributed by atoms with E-state index in [1.54, 1.807) is 16.7 Å². The van der Waals surface area contributed by atoms with Gasteiger partial charge >= 0.3 is 0 Å². The Morgan fingerprint density at radius 1 is 1.45 bits per heavy atom. The zero-order valence-electron chi connectivity index (χ0n) is 12.6. The highest BCUT2D eigenvalue weighted by Crippen LogP contribution is 2.47. The second kappa shape index (κ2) is 5.78. The standard InChI is InChI=1S/C16H19ClN2O2S/c1-10(11-3-5-12(17)6-4-11)18-15(21)13-9-22-16(2)8-7-14(20)19(13)16/h3-6,10,13H,7-9H2,1-2H3,(H,18,21). The van der Waals surface area contributed by atoms with E-state index in [1.807, 2.05) is 31.2 Å². The quantitative estimate of drug-likeness (QED) is 0.921. The summed E-state index contributed by atoms with van der Waals surface area (Å²) in [7, 11) is 0. The normalized spacial score (nSPS) is 28.6. The lowest BCUT2D eigenvalue weighted by Gasteiger charge is -2.30. The zero-order chi connectivity index (χ0) is 15.9. The largest absolute Gasteiger partial charge is 0.348 e. The van der Waals surface area contributed by atoms with Crippen molar-refractivity contribution in [2.45, 2.75) is 43.6 Å². The van der Waals surface area contributed by atoms with Crippen molar-refractivity contribution in [1.82, 2.24) is 10.2 Å². The van der Waals surface area contributed by atoms with Crippen molar-refractivity contribution in [2.75, 3.05) is 5.75 Å². The number of carbonyl (C=O) groups excluding carboxylic acids is 2. The first-order valence-corrected chi connectivity index (χ1v) is 8.79. The number of rotatable bonds is 3. The molecule has 6 heteroatoms. The van der Waals surface area contributed by atoms with Gasteiger partial charge in [0, 0.05) is 17.2 Å². The molecule has 0 radical (unpaired) electrons. The van der Waals surface area contributed by atoms with Crippen LogP contribution < -0.4 is 5.32 Å². The van der Waals surface area contributed by atoms with Crippen molar-refractivity contribution in [2.24, 2.45) is 0 Å². The highest BCUT2D eigenvalue weighted by molar-refractivity contribution is 8.01. The van der Waals surface area contributed by atoms with Crippen molar-refractivity contribution < 1.29 is 9.59 Å². The van der Waals surface area contributed by atoms with E-state index in [4.69, 9.17) is 11.6 Å². The van der Waals surface area contributed by atoms with Crippen molar-refractivity contribution >= 4 is 35.2 Å². The molecule has 2 aliphatic heterocycles. The Labute approximate surface area is 139 Å². The minimum absolute atomic E-state index is 0.0751. The molecule has 0 saturated carbocycles. The van der Waals surface area contributed by atoms with Crippen LogP contribution in [0.15, 0.2) is 24.3 Å². The van der Waals surface area contributed by atoms with Crippen molar-refractivity contribution in [3.05, 3.63) is 34.9 Å². The second-order valence-electron chi connectivity index (χ2n) is 6.05. The van der Waals surface area contributed by atoms with Gasteiger partial charge in [-0.25, -0.2) is 0 Å². The average molecular weight is 339 g/mol. The molecule has 22 heavy (non-hydrogen) atoms. The number of thioether (sulfide) groups is 1. The van der Waals surface area contributed by atoms with Gasteiger partial charge in [0.05, 0.1) is 10.9 Å². The van der Waals surface area contributed by atoms with Crippen molar-refractivity contribution in [3.63, 3.8) is 0 Å². The number of halogens is 1. The summed E-state index contributed by atoms with van der Waals surface area (Å²) in [5, 5.41) is 3.69. The van der Waals surface area contributed by atoms with Crippen LogP contribution in [0.25, 0.3) is 0 Å². The molecule has 0 aliphatic carbocycles. The Hall–Kier alpha value is -1.20. The maximum atomic E-state index is 12.6. The monoisotopic (exact) mass is 338 g/mol. The van der Waals surface area contributed by atoms with Crippen LogP contribution in [0.1, 0.15) is 38.3 Å². The number of benzene rings is 1. The molecule has 1 aromatic carbocycles. The summed E-state index contributed by atoms with van der Waals surface area (Å²) in [5.74, 6) is 0.683. The van der Waals surface area contributed by atoms with Gasteiger partial charge in [-0.05, 0) is 38.0 Å². The first-order valence-electron chi connectivity index (χ1n) is 7.43. The first-order chi connectivity index (χ1) is 10.4. The number of carbonyl (C=O) groups is 2. The fourth-order valence-electron chi connectivity index (χ4n) is 3.16. The smallest absolute Gasteiger partial charge is 0.244 e. The Balaban J connectivity index is 1.69. The lowest BCUT2D eigenvalue weighted by atomic mass is 10.1. The van der Waals surface area contributed by atoms with Gasteiger partial charge in [0.1, 0.15) is 6.04 Å². The van der Waals surface area contributed by atoms with Gasteiger partial charge in [0.15, 0.2) is 0 Å². The van der Waals surface area contributed by atoms with E-state index in [0.29, 0.717) is 17.2 Å². The van der Waals surface area contributed by atoms with Gasteiger partial charge < -0.3 is 10.2 Å². The van der Waals surface area contributed by atoms with Crippen LogP contribution in [-0.4, -0.2) is 33.4 Å². The Morgan fingerprint density at radius 2 is 2.14 bits per heavy atom. The van der Waals surface area contributed by atoms with Gasteiger partial charge in [-0.15, -0.1) is 11.8 Å². The lowest BCUT2D eigenvalue weighted by Crippen LogP contribution is -2.50. The number of nitrogens with zero attached hydrogens (tertiary/aromatic N) is 1. The number of amides is 2. The van der Waals surface area contributed by atoms with Crippen LogP contribution >= 0.6 is 23.4 Å². The third-order valence-electron chi connectivity index (χ3n) is 4.48. The molecule has 118 valence electrons. The molecule has 3 unspecified atom stereocenters. The summed E-state index contributed by atoms with van der Waals surface area (Å²) in [4.78, 5) is 26.2. The van der Waals surface area contributed by atoms with E-state index in [9.17, 15) is 9.59 Å². The summed E-state index contributed by atoms with van der Waals surface area (Å²) >= 11 is 7.59. The maximum Gasteiger partial charge on any atom is 0.244 e. The molecule has 3 atom stereocenters. The minimum atomic E-state index is -0.361. The molecule has 2 saturated heterocycles. The minimum Gasteiger partial charge on any atom is -0.348 e. The predicted molar refractivity (Wildman–Crippen MR) is 88.7 cm³/mol. The molecule has 2 fully saturated rings. The third-order valence-corrected chi connectivity index (χ3v) is 6.23. The summed E-state index contributed by atoms with van der Waals surface area (Å²) in [6.07, 6.45) is 1.37. The molecule has 2 aliphatic rings. The Morgan fingerprint density at radius 3 is 2.82 bits per heavy atom. The van der Waals surface area contributed by atoms with Gasteiger partial charge in [0.25, 0.3) is 0 Å². The molecule has 2 heterocycles. The van der Waals surface area contributed by atoms with Crippen LogP contribution in [-0.2, 0) is 9.59 Å². The molecule has 0 spiro atoms. The van der Waals surface area contributed by atoms with Crippen LogP contribution in [0.2, 0.25) is 5.02 Å². The lowest BCUT2D eigenvalue weighted by molar-refractivity contribution is -0.138. The van der Waals surface area contributed by atoms with Crippen molar-refractivity contribution in [1.29, 1.82) is 0 Å². The fraction of sp³-hybridized carbons (Fsp3) is 0.500. The van der Waals surface area contributed by atoms with Gasteiger partial charge in [-0.1, -0.05) is 23.7 Å². The fourth-order valence-corrected chi connectivity index (χ4v) is 4.72. The third kappa shape index (κ3) is 2.72. The molecule has 0 bridgehead atoms. The van der Waals surface area contributed by atoms with Crippen LogP contribution in [0, 0.1) is 0 Å². The van der Waals surface area contributed by atoms with Crippen LogP contribution in [0.3, 0.4) is 0 Å². The Bertz CT molecular complexity index is 607. The van der Waals surface area contributed by atoms with E-state index in [2.05, 4.69) is 12.2 Å². The number of hydrogen-bond donors (Lipinski definition) is 1. The molecular formula is C16H19ClN2O2S.